The predicted octanol–water partition coefficient (Wildman–Crippen LogP) is 5.76. The van der Waals surface area contributed by atoms with E-state index >= 15 is 0 Å². The van der Waals surface area contributed by atoms with Crippen LogP contribution in [0.1, 0.15) is 17.5 Å². The van der Waals surface area contributed by atoms with E-state index in [4.69, 9.17) is 27.9 Å². The highest BCUT2D eigenvalue weighted by atomic mass is 35.5. The third kappa shape index (κ3) is 5.44. The fourth-order valence-electron chi connectivity index (χ4n) is 3.61. The monoisotopic (exact) mass is 488 g/mol. The highest BCUT2D eigenvalue weighted by Gasteiger charge is 2.32. The molecule has 8 heteroatoms. The number of alkyl carbamates (subject to hydrolysis) is 1. The lowest BCUT2D eigenvalue weighted by molar-refractivity contribution is 0.137. The fourth-order valence-corrected chi connectivity index (χ4v) is 5.25. The molecule has 1 N–H and O–H groups in total. The van der Waals surface area contributed by atoms with E-state index in [1.165, 1.54) is 0 Å². The number of nitrogens with one attached hydrogen (secondary N) is 1. The minimum atomic E-state index is -1.47. The maximum atomic E-state index is 13.5. The number of rotatable bonds is 6. The molecule has 2 unspecified atom stereocenters. The Labute approximate surface area is 199 Å². The molecule has 0 fully saturated rings. The molecule has 0 radical (unpaired) electrons. The molecule has 1 heterocycles. The van der Waals surface area contributed by atoms with Crippen LogP contribution in [-0.4, -0.2) is 23.0 Å². The molecule has 0 aromatic heterocycles. The van der Waals surface area contributed by atoms with Crippen LogP contribution in [0.4, 0.5) is 10.5 Å². The first-order valence-electron chi connectivity index (χ1n) is 10.2. The summed E-state index contributed by atoms with van der Waals surface area (Å²) in [5.41, 5.74) is 2.93. The first-order chi connectivity index (χ1) is 15.5. The molecule has 5 nitrogen and oxygen atoms in total. The van der Waals surface area contributed by atoms with Crippen molar-refractivity contribution in [1.82, 2.24) is 5.32 Å². The SMILES string of the molecule is O=C(NCc1ccc(Cl)cc1)OCC1CCc2ccccc2N1S(=O)c1ccc(Cl)cc1. The Morgan fingerprint density at radius 2 is 1.66 bits per heavy atom. The Morgan fingerprint density at radius 3 is 2.38 bits per heavy atom. The number of hydrogen-bond donors (Lipinski definition) is 1. The van der Waals surface area contributed by atoms with Gasteiger partial charge >= 0.3 is 6.09 Å². The lowest BCUT2D eigenvalue weighted by Crippen LogP contribution is -2.44. The maximum absolute atomic E-state index is 13.5. The fraction of sp³-hybridized carbons (Fsp3) is 0.208. The molecule has 3 aromatic carbocycles. The number of fused-ring (bicyclic) bond motifs is 1. The van der Waals surface area contributed by atoms with Crippen LogP contribution in [0.5, 0.6) is 0 Å². The molecule has 0 aliphatic carbocycles. The summed E-state index contributed by atoms with van der Waals surface area (Å²) in [6, 6.07) is 21.9. The highest BCUT2D eigenvalue weighted by molar-refractivity contribution is 7.86. The summed E-state index contributed by atoms with van der Waals surface area (Å²) in [5, 5.41) is 3.97. The number of anilines is 1. The van der Waals surface area contributed by atoms with E-state index in [9.17, 15) is 9.00 Å². The number of benzene rings is 3. The van der Waals surface area contributed by atoms with Crippen molar-refractivity contribution in [3.63, 3.8) is 0 Å². The van der Waals surface area contributed by atoms with Crippen molar-refractivity contribution in [1.29, 1.82) is 0 Å². The molecule has 3 aromatic rings. The average Bonchev–Trinajstić information content (AvgIpc) is 2.82. The smallest absolute Gasteiger partial charge is 0.407 e. The molecular weight excluding hydrogens is 467 g/mol. The van der Waals surface area contributed by atoms with Gasteiger partial charge in [0.1, 0.15) is 6.61 Å². The average molecular weight is 489 g/mol. The van der Waals surface area contributed by atoms with E-state index in [0.29, 0.717) is 21.5 Å². The van der Waals surface area contributed by atoms with Crippen LogP contribution in [0.15, 0.2) is 77.7 Å². The van der Waals surface area contributed by atoms with E-state index in [2.05, 4.69) is 5.32 Å². The Bertz CT molecular complexity index is 1110. The summed E-state index contributed by atoms with van der Waals surface area (Å²) < 4.78 is 20.8. The van der Waals surface area contributed by atoms with Gasteiger partial charge in [0.05, 0.1) is 16.6 Å². The quantitative estimate of drug-likeness (QED) is 0.479. The molecule has 166 valence electrons. The Kier molecular flexibility index (Phi) is 7.35. The van der Waals surface area contributed by atoms with Gasteiger partial charge in [0.15, 0.2) is 11.0 Å². The first kappa shape index (κ1) is 22.6. The molecule has 32 heavy (non-hydrogen) atoms. The number of ether oxygens (including phenoxy) is 1. The van der Waals surface area contributed by atoms with E-state index in [1.807, 2.05) is 40.7 Å². The van der Waals surface area contributed by atoms with Crippen LogP contribution in [0.3, 0.4) is 0 Å². The van der Waals surface area contributed by atoms with Gasteiger partial charge in [0, 0.05) is 16.6 Å². The van der Waals surface area contributed by atoms with Gasteiger partial charge in [-0.15, -0.1) is 0 Å². The molecule has 0 saturated heterocycles. The van der Waals surface area contributed by atoms with Crippen molar-refractivity contribution < 1.29 is 13.7 Å². The van der Waals surface area contributed by atoms with Crippen LogP contribution in [0.25, 0.3) is 0 Å². The lowest BCUT2D eigenvalue weighted by Gasteiger charge is -2.37. The van der Waals surface area contributed by atoms with Crippen molar-refractivity contribution in [2.24, 2.45) is 0 Å². The number of carbonyl (C=O) groups excluding carboxylic acids is 1. The van der Waals surface area contributed by atoms with Crippen LogP contribution >= 0.6 is 23.2 Å². The Balaban J connectivity index is 1.45. The van der Waals surface area contributed by atoms with E-state index in [0.717, 1.165) is 29.7 Å². The topological polar surface area (TPSA) is 58.6 Å². The van der Waals surface area contributed by atoms with Gasteiger partial charge in [0.25, 0.3) is 0 Å². The minimum absolute atomic E-state index is 0.125. The summed E-state index contributed by atoms with van der Waals surface area (Å²) in [6.07, 6.45) is 1.03. The van der Waals surface area contributed by atoms with E-state index < -0.39 is 17.1 Å². The van der Waals surface area contributed by atoms with Crippen LogP contribution in [0, 0.1) is 0 Å². The minimum Gasteiger partial charge on any atom is -0.447 e. The molecular formula is C24H22Cl2N2O3S. The van der Waals surface area contributed by atoms with Crippen molar-refractivity contribution in [2.75, 3.05) is 10.9 Å². The molecule has 2 atom stereocenters. The number of hydrogen-bond acceptors (Lipinski definition) is 3. The summed E-state index contributed by atoms with van der Waals surface area (Å²) in [5.74, 6) is 0. The summed E-state index contributed by atoms with van der Waals surface area (Å²) >= 11 is 11.9. The number of aryl methyl sites for hydroxylation is 1. The van der Waals surface area contributed by atoms with Gasteiger partial charge in [-0.2, -0.15) is 0 Å². The normalized spacial score (nSPS) is 16.2. The van der Waals surface area contributed by atoms with Crippen LogP contribution in [-0.2, 0) is 28.7 Å². The van der Waals surface area contributed by atoms with Gasteiger partial charge in [-0.3, -0.25) is 4.31 Å². The number of amides is 1. The molecule has 0 saturated carbocycles. The first-order valence-corrected chi connectivity index (χ1v) is 12.1. The molecule has 0 bridgehead atoms. The summed E-state index contributed by atoms with van der Waals surface area (Å²) in [6.45, 7) is 0.462. The van der Waals surface area contributed by atoms with Gasteiger partial charge < -0.3 is 10.1 Å². The number of carbonyl (C=O) groups is 1. The van der Waals surface area contributed by atoms with Crippen molar-refractivity contribution in [3.8, 4) is 0 Å². The predicted molar refractivity (Wildman–Crippen MR) is 129 cm³/mol. The number of para-hydroxylation sites is 1. The molecule has 0 spiro atoms. The van der Waals surface area contributed by atoms with Crippen molar-refractivity contribution in [3.05, 3.63) is 94.0 Å². The second-order valence-corrected chi connectivity index (χ2v) is 9.66. The lowest BCUT2D eigenvalue weighted by atomic mass is 9.98. The van der Waals surface area contributed by atoms with Gasteiger partial charge in [-0.05, 0) is 66.4 Å². The summed E-state index contributed by atoms with van der Waals surface area (Å²) in [7, 11) is -1.47. The molecule has 1 aliphatic heterocycles. The standard InChI is InChI=1S/C24H22Cl2N2O3S/c25-19-8-5-17(6-9-19)15-27-24(29)31-16-21-12-7-18-3-1-2-4-23(18)28(21)32(30)22-13-10-20(26)11-14-22/h1-6,8-11,13-14,21H,7,12,15-16H2,(H,27,29). The Hall–Kier alpha value is -2.54. The third-order valence-corrected chi connectivity index (χ3v) is 7.29. The number of halogens is 2. The molecule has 1 aliphatic rings. The zero-order valence-corrected chi connectivity index (χ0v) is 19.5. The second-order valence-electron chi connectivity index (χ2n) is 7.43. The van der Waals surface area contributed by atoms with Gasteiger partial charge in [0.2, 0.25) is 0 Å². The van der Waals surface area contributed by atoms with E-state index in [1.54, 1.807) is 36.4 Å². The van der Waals surface area contributed by atoms with Gasteiger partial charge in [-0.1, -0.05) is 53.5 Å². The van der Waals surface area contributed by atoms with Gasteiger partial charge in [-0.25, -0.2) is 9.00 Å². The third-order valence-electron chi connectivity index (χ3n) is 5.26. The molecule has 1 amide bonds. The zero-order chi connectivity index (χ0) is 22.5. The van der Waals surface area contributed by atoms with Crippen molar-refractivity contribution >= 4 is 46.0 Å². The second kappa shape index (κ2) is 10.4. The Morgan fingerprint density at radius 1 is 1.00 bits per heavy atom. The molecule has 4 rings (SSSR count). The summed E-state index contributed by atoms with van der Waals surface area (Å²) in [4.78, 5) is 12.9. The van der Waals surface area contributed by atoms with Crippen LogP contribution < -0.4 is 9.62 Å². The maximum Gasteiger partial charge on any atom is 0.407 e. The van der Waals surface area contributed by atoms with Crippen LogP contribution in [0.2, 0.25) is 10.0 Å². The highest BCUT2D eigenvalue weighted by Crippen LogP contribution is 2.34. The van der Waals surface area contributed by atoms with E-state index in [-0.39, 0.29) is 12.6 Å². The largest absolute Gasteiger partial charge is 0.447 e. The zero-order valence-electron chi connectivity index (χ0n) is 17.2. The number of nitrogens with zero attached hydrogens (tertiary/aromatic N) is 1. The van der Waals surface area contributed by atoms with Crippen molar-refractivity contribution in [2.45, 2.75) is 30.3 Å².